The lowest BCUT2D eigenvalue weighted by atomic mass is 9.87. The van der Waals surface area contributed by atoms with Gasteiger partial charge in [0.25, 0.3) is 5.56 Å². The van der Waals surface area contributed by atoms with Gasteiger partial charge < -0.3 is 5.32 Å². The summed E-state index contributed by atoms with van der Waals surface area (Å²) < 4.78 is 3.67. The summed E-state index contributed by atoms with van der Waals surface area (Å²) in [5.41, 5.74) is 2.52. The number of aromatic amines is 1. The molecule has 0 aromatic carbocycles. The number of carbonyl (C=O) groups is 1. The zero-order valence-corrected chi connectivity index (χ0v) is 13.4. The summed E-state index contributed by atoms with van der Waals surface area (Å²) in [5, 5.41) is 10.1. The van der Waals surface area contributed by atoms with Crippen LogP contribution in [0.2, 0.25) is 0 Å². The predicted molar refractivity (Wildman–Crippen MR) is 85.6 cm³/mol. The van der Waals surface area contributed by atoms with Gasteiger partial charge in [-0.05, 0) is 19.8 Å². The van der Waals surface area contributed by atoms with Gasteiger partial charge in [0.05, 0.1) is 17.8 Å². The second-order valence-corrected chi connectivity index (χ2v) is 6.63. The van der Waals surface area contributed by atoms with Crippen LogP contribution in [0.5, 0.6) is 0 Å². The van der Waals surface area contributed by atoms with Crippen molar-refractivity contribution in [3.8, 4) is 0 Å². The van der Waals surface area contributed by atoms with Crippen molar-refractivity contribution in [1.29, 1.82) is 0 Å². The Hall–Kier alpha value is -2.31. The fourth-order valence-corrected chi connectivity index (χ4v) is 3.94. The van der Waals surface area contributed by atoms with Gasteiger partial charge in [0, 0.05) is 30.6 Å². The number of nitrogens with zero attached hydrogens (tertiary/aromatic N) is 3. The highest BCUT2D eigenvalue weighted by molar-refractivity contribution is 5.94. The molecule has 0 saturated heterocycles. The van der Waals surface area contributed by atoms with Crippen LogP contribution in [-0.2, 0) is 11.8 Å². The molecule has 1 amide bonds. The Morgan fingerprint density at radius 1 is 1.26 bits per heavy atom. The molecule has 2 N–H and O–H groups in total. The van der Waals surface area contributed by atoms with Gasteiger partial charge in [-0.25, -0.2) is 0 Å². The van der Waals surface area contributed by atoms with Crippen LogP contribution in [0.15, 0.2) is 11.0 Å². The third-order valence-corrected chi connectivity index (χ3v) is 5.30. The van der Waals surface area contributed by atoms with Crippen molar-refractivity contribution in [1.82, 2.24) is 19.6 Å². The van der Waals surface area contributed by atoms with Crippen molar-refractivity contribution >= 4 is 11.7 Å². The van der Waals surface area contributed by atoms with E-state index in [1.54, 1.807) is 10.9 Å². The number of aromatic nitrogens is 4. The fourth-order valence-electron chi connectivity index (χ4n) is 3.94. The number of anilines is 1. The molecule has 0 radical (unpaired) electrons. The second-order valence-electron chi connectivity index (χ2n) is 6.63. The van der Waals surface area contributed by atoms with Crippen LogP contribution in [0.4, 0.5) is 5.82 Å². The standard InChI is InChI=1S/C16H21N5O2/c1-9-12(8-17-20(9)2)11-7-13(22)18-15-14(11)16(23)19-21(15)10-5-3-4-6-10/h8,10-11H,3-7H2,1-2H3,(H,18,22)(H,19,23)/t11-/m0/s1. The van der Waals surface area contributed by atoms with Crippen LogP contribution in [0, 0.1) is 6.92 Å². The van der Waals surface area contributed by atoms with E-state index in [-0.39, 0.29) is 29.8 Å². The van der Waals surface area contributed by atoms with Gasteiger partial charge in [-0.1, -0.05) is 12.8 Å². The molecule has 1 fully saturated rings. The molecule has 122 valence electrons. The zero-order valence-electron chi connectivity index (χ0n) is 13.4. The van der Waals surface area contributed by atoms with Crippen LogP contribution in [-0.4, -0.2) is 25.5 Å². The molecule has 1 saturated carbocycles. The minimum atomic E-state index is -0.223. The highest BCUT2D eigenvalue weighted by Gasteiger charge is 2.35. The number of carbonyl (C=O) groups excluding carboxylic acids is 1. The van der Waals surface area contributed by atoms with E-state index in [1.165, 1.54) is 12.8 Å². The van der Waals surface area contributed by atoms with Gasteiger partial charge >= 0.3 is 0 Å². The number of aryl methyl sites for hydroxylation is 1. The Balaban J connectivity index is 1.86. The van der Waals surface area contributed by atoms with Crippen molar-refractivity contribution in [2.24, 2.45) is 7.05 Å². The molecule has 7 nitrogen and oxygen atoms in total. The quantitative estimate of drug-likeness (QED) is 0.886. The lowest BCUT2D eigenvalue weighted by molar-refractivity contribution is -0.116. The first-order chi connectivity index (χ1) is 11.1. The molecule has 0 spiro atoms. The molecule has 1 aliphatic carbocycles. The molecule has 0 unspecified atom stereocenters. The smallest absolute Gasteiger partial charge is 0.270 e. The molecule has 1 atom stereocenters. The van der Waals surface area contributed by atoms with E-state index < -0.39 is 0 Å². The summed E-state index contributed by atoms with van der Waals surface area (Å²) in [5.74, 6) is 0.391. The first kappa shape index (κ1) is 14.3. The number of hydrogen-bond donors (Lipinski definition) is 2. The molecule has 2 aliphatic rings. The summed E-state index contributed by atoms with van der Waals surface area (Å²) in [6.07, 6.45) is 6.48. The van der Waals surface area contributed by atoms with Crippen molar-refractivity contribution < 1.29 is 4.79 Å². The number of hydrogen-bond acceptors (Lipinski definition) is 3. The molecule has 2 aromatic rings. The molecule has 0 bridgehead atoms. The number of H-pyrrole nitrogens is 1. The zero-order chi connectivity index (χ0) is 16.1. The van der Waals surface area contributed by atoms with Gasteiger partial charge in [-0.2, -0.15) is 5.10 Å². The minimum absolute atomic E-state index is 0.0449. The van der Waals surface area contributed by atoms with Crippen LogP contribution < -0.4 is 10.9 Å². The molecule has 23 heavy (non-hydrogen) atoms. The maximum Gasteiger partial charge on any atom is 0.270 e. The fraction of sp³-hybridized carbons (Fsp3) is 0.562. The van der Waals surface area contributed by atoms with E-state index >= 15 is 0 Å². The average Bonchev–Trinajstić information content (AvgIpc) is 3.21. The van der Waals surface area contributed by atoms with Crippen LogP contribution in [0.1, 0.15) is 60.9 Å². The molecular formula is C16H21N5O2. The lowest BCUT2D eigenvalue weighted by Crippen LogP contribution is -2.27. The van der Waals surface area contributed by atoms with Gasteiger partial charge in [-0.3, -0.25) is 24.1 Å². The minimum Gasteiger partial charge on any atom is -0.311 e. The SMILES string of the molecule is Cc1c([C@@H]2CC(=O)Nc3c2c(=O)[nH]n3C2CCCC2)cnn1C. The van der Waals surface area contributed by atoms with Gasteiger partial charge in [0.15, 0.2) is 0 Å². The first-order valence-electron chi connectivity index (χ1n) is 8.19. The molecule has 4 rings (SSSR count). The van der Waals surface area contributed by atoms with Gasteiger partial charge in [-0.15, -0.1) is 0 Å². The third-order valence-electron chi connectivity index (χ3n) is 5.30. The Morgan fingerprint density at radius 2 is 2.00 bits per heavy atom. The number of rotatable bonds is 2. The third kappa shape index (κ3) is 2.14. The Labute approximate surface area is 133 Å². The Kier molecular flexibility index (Phi) is 3.18. The summed E-state index contributed by atoms with van der Waals surface area (Å²) in [7, 11) is 1.87. The number of nitrogens with one attached hydrogen (secondary N) is 2. The van der Waals surface area contributed by atoms with Crippen LogP contribution in [0.3, 0.4) is 0 Å². The summed E-state index contributed by atoms with van der Waals surface area (Å²) in [6, 6.07) is 0.278. The maximum atomic E-state index is 12.6. The monoisotopic (exact) mass is 315 g/mol. The van der Waals surface area contributed by atoms with Crippen molar-refractivity contribution in [3.63, 3.8) is 0 Å². The normalized spacial score (nSPS) is 21.5. The van der Waals surface area contributed by atoms with Crippen LogP contribution in [0.25, 0.3) is 0 Å². The van der Waals surface area contributed by atoms with Crippen molar-refractivity contribution in [2.45, 2.75) is 51.0 Å². The predicted octanol–water partition coefficient (Wildman–Crippen LogP) is 1.81. The molecule has 3 heterocycles. The van der Waals surface area contributed by atoms with E-state index in [4.69, 9.17) is 0 Å². The largest absolute Gasteiger partial charge is 0.311 e. The van der Waals surface area contributed by atoms with E-state index in [0.717, 1.165) is 24.1 Å². The van der Waals surface area contributed by atoms with Gasteiger partial charge in [0.2, 0.25) is 5.91 Å². The van der Waals surface area contributed by atoms with Crippen LogP contribution >= 0.6 is 0 Å². The summed E-state index contributed by atoms with van der Waals surface area (Å²) >= 11 is 0. The maximum absolute atomic E-state index is 12.6. The Morgan fingerprint density at radius 3 is 2.65 bits per heavy atom. The van der Waals surface area contributed by atoms with E-state index in [1.807, 2.05) is 18.7 Å². The molecule has 1 aliphatic heterocycles. The number of amides is 1. The van der Waals surface area contributed by atoms with Crippen molar-refractivity contribution in [2.75, 3.05) is 5.32 Å². The van der Waals surface area contributed by atoms with Crippen molar-refractivity contribution in [3.05, 3.63) is 33.4 Å². The highest BCUT2D eigenvalue weighted by Crippen LogP contribution is 2.39. The first-order valence-corrected chi connectivity index (χ1v) is 8.19. The van der Waals surface area contributed by atoms with E-state index in [2.05, 4.69) is 15.5 Å². The second kappa shape index (κ2) is 5.11. The average molecular weight is 315 g/mol. The van der Waals surface area contributed by atoms with Gasteiger partial charge in [0.1, 0.15) is 5.82 Å². The van der Waals surface area contributed by atoms with E-state index in [9.17, 15) is 9.59 Å². The highest BCUT2D eigenvalue weighted by atomic mass is 16.2. The Bertz CT molecular complexity index is 822. The topological polar surface area (TPSA) is 84.7 Å². The number of fused-ring (bicyclic) bond motifs is 1. The van der Waals surface area contributed by atoms with E-state index in [0.29, 0.717) is 11.4 Å². The molecular weight excluding hydrogens is 294 g/mol. The summed E-state index contributed by atoms with van der Waals surface area (Å²) in [6.45, 7) is 1.97. The lowest BCUT2D eigenvalue weighted by Gasteiger charge is -2.24. The molecule has 2 aromatic heterocycles. The summed E-state index contributed by atoms with van der Waals surface area (Å²) in [4.78, 5) is 24.8. The molecule has 7 heteroatoms.